The van der Waals surface area contributed by atoms with Gasteiger partial charge in [-0.3, -0.25) is 4.79 Å². The Labute approximate surface area is 66.1 Å². The van der Waals surface area contributed by atoms with Gasteiger partial charge in [-0.2, -0.15) is 0 Å². The van der Waals surface area contributed by atoms with E-state index < -0.39 is 0 Å². The lowest BCUT2D eigenvalue weighted by atomic mass is 9.92. The van der Waals surface area contributed by atoms with E-state index in [4.69, 9.17) is 11.6 Å². The Balaban J connectivity index is 2.37. The van der Waals surface area contributed by atoms with Crippen LogP contribution in [0, 0.1) is 0 Å². The fraction of sp³-hybridized carbons (Fsp3) is 0.625. The van der Waals surface area contributed by atoms with Gasteiger partial charge in [-0.1, -0.05) is 24.9 Å². The average molecular weight is 159 g/mol. The zero-order valence-electron chi connectivity index (χ0n) is 6.11. The molecule has 0 bridgehead atoms. The number of hydrogen-bond acceptors (Lipinski definition) is 1. The molecule has 0 N–H and O–H groups in total. The Morgan fingerprint density at radius 3 is 2.70 bits per heavy atom. The highest BCUT2D eigenvalue weighted by Crippen LogP contribution is 2.30. The Hall–Kier alpha value is -0.300. The van der Waals surface area contributed by atoms with E-state index in [1.165, 1.54) is 6.42 Å². The lowest BCUT2D eigenvalue weighted by molar-refractivity contribution is -0.115. The van der Waals surface area contributed by atoms with Crippen LogP contribution in [0.4, 0.5) is 0 Å². The average Bonchev–Trinajstić information content (AvgIpc) is 1.97. The van der Waals surface area contributed by atoms with E-state index in [0.29, 0.717) is 11.5 Å². The molecule has 56 valence electrons. The molecule has 1 aliphatic carbocycles. The van der Waals surface area contributed by atoms with Crippen molar-refractivity contribution in [1.29, 1.82) is 0 Å². The molecule has 10 heavy (non-hydrogen) atoms. The maximum atomic E-state index is 10.6. The van der Waals surface area contributed by atoms with Crippen molar-refractivity contribution in [2.45, 2.75) is 32.6 Å². The van der Waals surface area contributed by atoms with Gasteiger partial charge in [0.05, 0.1) is 5.03 Å². The van der Waals surface area contributed by atoms with Gasteiger partial charge in [-0.15, -0.1) is 0 Å². The highest BCUT2D eigenvalue weighted by atomic mass is 35.5. The summed E-state index contributed by atoms with van der Waals surface area (Å²) >= 11 is 5.63. The van der Waals surface area contributed by atoms with Crippen molar-refractivity contribution in [3.63, 3.8) is 0 Å². The van der Waals surface area contributed by atoms with E-state index in [-0.39, 0.29) is 5.78 Å². The van der Waals surface area contributed by atoms with Crippen molar-refractivity contribution in [3.8, 4) is 0 Å². The summed E-state index contributed by atoms with van der Waals surface area (Å²) in [7, 11) is 0. The summed E-state index contributed by atoms with van der Waals surface area (Å²) in [5.74, 6) is 0.118. The molecule has 1 nitrogen and oxygen atoms in total. The first-order valence-corrected chi connectivity index (χ1v) is 4.04. The molecule has 0 aromatic rings. The topological polar surface area (TPSA) is 17.1 Å². The maximum absolute atomic E-state index is 10.6. The highest BCUT2D eigenvalue weighted by molar-refractivity contribution is 6.45. The Kier molecular flexibility index (Phi) is 2.50. The molecule has 0 spiro atoms. The quantitative estimate of drug-likeness (QED) is 0.617. The number of carbonyl (C=O) groups excluding carboxylic acids is 1. The van der Waals surface area contributed by atoms with Gasteiger partial charge in [-0.25, -0.2) is 0 Å². The molecule has 1 aliphatic rings. The van der Waals surface area contributed by atoms with E-state index in [1.54, 1.807) is 0 Å². The molecule has 0 amide bonds. The van der Waals surface area contributed by atoms with E-state index in [1.807, 2.05) is 0 Å². The maximum Gasteiger partial charge on any atom is 0.178 e. The third-order valence-corrected chi connectivity index (χ3v) is 2.24. The minimum absolute atomic E-state index is 0.118. The van der Waals surface area contributed by atoms with Gasteiger partial charge in [0, 0.05) is 6.42 Å². The molecule has 1 rings (SSSR count). The molecule has 0 radical (unpaired) electrons. The molecule has 0 aromatic carbocycles. The molecule has 0 saturated carbocycles. The van der Waals surface area contributed by atoms with Crippen molar-refractivity contribution in [1.82, 2.24) is 0 Å². The normalized spacial score (nSPS) is 17.6. The molecule has 0 heterocycles. The van der Waals surface area contributed by atoms with Gasteiger partial charge in [0.15, 0.2) is 5.78 Å². The van der Waals surface area contributed by atoms with Gasteiger partial charge in [0.25, 0.3) is 0 Å². The van der Waals surface area contributed by atoms with Crippen LogP contribution < -0.4 is 0 Å². The third kappa shape index (κ3) is 1.40. The molecular weight excluding hydrogens is 148 g/mol. The number of carbonyl (C=O) groups is 1. The van der Waals surface area contributed by atoms with Crippen molar-refractivity contribution < 1.29 is 4.79 Å². The third-order valence-electron chi connectivity index (χ3n) is 1.76. The summed E-state index contributed by atoms with van der Waals surface area (Å²) in [6.07, 6.45) is 3.95. The summed E-state index contributed by atoms with van der Waals surface area (Å²) in [6.45, 7) is 2.13. The molecular formula is C8H11ClO. The Morgan fingerprint density at radius 2 is 2.30 bits per heavy atom. The summed E-state index contributed by atoms with van der Waals surface area (Å²) in [5.41, 5.74) is 1.16. The summed E-state index contributed by atoms with van der Waals surface area (Å²) in [5, 5.41) is 0.508. The first kappa shape index (κ1) is 7.80. The summed E-state index contributed by atoms with van der Waals surface area (Å²) in [4.78, 5) is 10.6. The van der Waals surface area contributed by atoms with Crippen LogP contribution in [0.5, 0.6) is 0 Å². The lowest BCUT2D eigenvalue weighted by Crippen LogP contribution is -2.13. The van der Waals surface area contributed by atoms with E-state index >= 15 is 0 Å². The zero-order valence-corrected chi connectivity index (χ0v) is 6.87. The fourth-order valence-corrected chi connectivity index (χ4v) is 1.26. The number of halogens is 1. The summed E-state index contributed by atoms with van der Waals surface area (Å²) in [6, 6.07) is 0. The lowest BCUT2D eigenvalue weighted by Gasteiger charge is -2.16. The van der Waals surface area contributed by atoms with Gasteiger partial charge in [0.2, 0.25) is 0 Å². The largest absolute Gasteiger partial charge is 0.293 e. The molecule has 0 aliphatic heterocycles. The van der Waals surface area contributed by atoms with Crippen LogP contribution in [-0.2, 0) is 4.79 Å². The van der Waals surface area contributed by atoms with Crippen LogP contribution in [0.25, 0.3) is 0 Å². The number of rotatable bonds is 3. The van der Waals surface area contributed by atoms with Crippen LogP contribution in [0.2, 0.25) is 0 Å². The van der Waals surface area contributed by atoms with E-state index in [2.05, 4.69) is 6.92 Å². The molecule has 0 saturated heterocycles. The van der Waals surface area contributed by atoms with Crippen LogP contribution in [0.1, 0.15) is 32.6 Å². The summed E-state index contributed by atoms with van der Waals surface area (Å²) < 4.78 is 0. The van der Waals surface area contributed by atoms with Gasteiger partial charge in [0.1, 0.15) is 0 Å². The van der Waals surface area contributed by atoms with Crippen LogP contribution >= 0.6 is 11.6 Å². The van der Waals surface area contributed by atoms with Crippen LogP contribution in [0.3, 0.4) is 0 Å². The monoisotopic (exact) mass is 158 g/mol. The standard InChI is InChI=1S/C8H11ClO/c1-2-3-4-6-5-7(10)8(6)9/h2-5H2,1H3. The van der Waals surface area contributed by atoms with E-state index in [9.17, 15) is 4.79 Å². The van der Waals surface area contributed by atoms with Crippen molar-refractivity contribution in [2.24, 2.45) is 0 Å². The smallest absolute Gasteiger partial charge is 0.178 e. The number of hydrogen-bond donors (Lipinski definition) is 0. The SMILES string of the molecule is CCCCC1=C(Cl)C(=O)C1. The zero-order chi connectivity index (χ0) is 7.56. The predicted octanol–water partition coefficient (Wildman–Crippen LogP) is 2.64. The first-order chi connectivity index (χ1) is 4.75. The second-order valence-electron chi connectivity index (χ2n) is 2.62. The van der Waals surface area contributed by atoms with Gasteiger partial charge >= 0.3 is 0 Å². The van der Waals surface area contributed by atoms with Gasteiger partial charge < -0.3 is 0 Å². The first-order valence-electron chi connectivity index (χ1n) is 3.66. The molecule has 2 heteroatoms. The molecule has 0 atom stereocenters. The Bertz CT molecular complexity index is 182. The molecule has 0 fully saturated rings. The predicted molar refractivity (Wildman–Crippen MR) is 42.0 cm³/mol. The van der Waals surface area contributed by atoms with E-state index in [0.717, 1.165) is 18.4 Å². The second kappa shape index (κ2) is 3.20. The number of Topliss-reactive ketones (excluding diaryl/α,β-unsaturated/α-hetero) is 1. The van der Waals surface area contributed by atoms with Gasteiger partial charge in [-0.05, 0) is 18.4 Å². The molecule has 0 unspecified atom stereocenters. The van der Waals surface area contributed by atoms with Crippen molar-refractivity contribution >= 4 is 17.4 Å². The number of unbranched alkanes of at least 4 members (excludes halogenated alkanes) is 1. The highest BCUT2D eigenvalue weighted by Gasteiger charge is 2.23. The fourth-order valence-electron chi connectivity index (χ4n) is 1.03. The molecule has 0 aromatic heterocycles. The minimum Gasteiger partial charge on any atom is -0.293 e. The minimum atomic E-state index is 0.118. The van der Waals surface area contributed by atoms with Crippen molar-refractivity contribution in [3.05, 3.63) is 10.6 Å². The second-order valence-corrected chi connectivity index (χ2v) is 3.00. The van der Waals surface area contributed by atoms with Crippen LogP contribution in [-0.4, -0.2) is 5.78 Å². The number of ketones is 1. The van der Waals surface area contributed by atoms with Crippen molar-refractivity contribution in [2.75, 3.05) is 0 Å². The number of allylic oxidation sites excluding steroid dienone is 2. The van der Waals surface area contributed by atoms with Crippen LogP contribution in [0.15, 0.2) is 10.6 Å². The Morgan fingerprint density at radius 1 is 1.60 bits per heavy atom.